The molecule has 0 aliphatic rings. The molecule has 0 fully saturated rings. The van der Waals surface area contributed by atoms with E-state index < -0.39 is 16.2 Å². The zero-order chi connectivity index (χ0) is 25.7. The number of nitrogens with zero attached hydrogens (tertiary/aromatic N) is 1. The third-order valence-electron chi connectivity index (χ3n) is 5.77. The van der Waals surface area contributed by atoms with Crippen LogP contribution in [0.25, 0.3) is 23.1 Å². The van der Waals surface area contributed by atoms with Crippen molar-refractivity contribution < 1.29 is 17.4 Å². The maximum Gasteiger partial charge on any atom is 0.264 e. The quantitative estimate of drug-likeness (QED) is 0.177. The number of halogens is 1. The van der Waals surface area contributed by atoms with E-state index in [9.17, 15) is 13.2 Å². The van der Waals surface area contributed by atoms with Crippen LogP contribution >= 0.6 is 11.6 Å². The first-order valence-corrected chi connectivity index (χ1v) is 13.7. The molecule has 0 amide bonds. The Morgan fingerprint density at radius 1 is 1.00 bits per heavy atom. The van der Waals surface area contributed by atoms with Gasteiger partial charge in [0.15, 0.2) is 5.78 Å². The second kappa shape index (κ2) is 11.2. The summed E-state index contributed by atoms with van der Waals surface area (Å²) < 4.78 is 29.5. The summed E-state index contributed by atoms with van der Waals surface area (Å²) in [4.78, 5) is 16.6. The van der Waals surface area contributed by atoms with Crippen molar-refractivity contribution in [3.63, 3.8) is 0 Å². The number of hydrogen-bond donors (Lipinski definition) is 0. The molecule has 0 bridgehead atoms. The number of fused-ring (bicyclic) bond motifs is 1. The van der Waals surface area contributed by atoms with Gasteiger partial charge in [-0.2, -0.15) is 8.42 Å². The van der Waals surface area contributed by atoms with Crippen molar-refractivity contribution in [2.24, 2.45) is 0 Å². The molecule has 1 atom stereocenters. The van der Waals surface area contributed by atoms with E-state index in [1.165, 1.54) is 6.92 Å². The smallest absolute Gasteiger partial charge is 0.264 e. The van der Waals surface area contributed by atoms with E-state index in [1.54, 1.807) is 6.07 Å². The van der Waals surface area contributed by atoms with Crippen LogP contribution in [0.3, 0.4) is 0 Å². The van der Waals surface area contributed by atoms with Gasteiger partial charge in [-0.05, 0) is 66.8 Å². The normalized spacial score (nSPS) is 12.8. The fourth-order valence-corrected chi connectivity index (χ4v) is 4.89. The molecule has 0 unspecified atom stereocenters. The third-order valence-corrected chi connectivity index (χ3v) is 6.59. The zero-order valence-electron chi connectivity index (χ0n) is 20.0. The Bertz CT molecular complexity index is 1550. The van der Waals surface area contributed by atoms with Crippen molar-refractivity contribution in [2.45, 2.75) is 25.9 Å². The molecule has 1 aromatic heterocycles. The molecule has 0 radical (unpaired) electrons. The van der Waals surface area contributed by atoms with Gasteiger partial charge in [0.05, 0.1) is 17.5 Å². The molecule has 5 nitrogen and oxygen atoms in total. The number of ketones is 1. The van der Waals surface area contributed by atoms with Crippen LogP contribution in [0.15, 0.2) is 78.9 Å². The van der Waals surface area contributed by atoms with Gasteiger partial charge in [0.25, 0.3) is 10.1 Å². The average Bonchev–Trinajstić information content (AvgIpc) is 2.84. The first-order valence-electron chi connectivity index (χ1n) is 11.5. The summed E-state index contributed by atoms with van der Waals surface area (Å²) in [6, 6.07) is 24.4. The summed E-state index contributed by atoms with van der Waals surface area (Å²) in [5.41, 5.74) is 4.71. The fraction of sp³-hybridized carbons (Fsp3) is 0.172. The zero-order valence-corrected chi connectivity index (χ0v) is 21.6. The summed E-state index contributed by atoms with van der Waals surface area (Å²) in [5.74, 6) is -0.0251. The molecule has 0 aliphatic carbocycles. The van der Waals surface area contributed by atoms with Crippen LogP contribution in [-0.2, 0) is 20.7 Å². The lowest BCUT2D eigenvalue weighted by atomic mass is 9.96. The summed E-state index contributed by atoms with van der Waals surface area (Å²) >= 11 is 6.10. The number of benzene rings is 3. The van der Waals surface area contributed by atoms with E-state index in [2.05, 4.69) is 4.98 Å². The van der Waals surface area contributed by atoms with E-state index >= 15 is 0 Å². The number of Topliss-reactive ketones (excluding diaryl/α,β-unsaturated/α-hetero) is 1. The lowest BCUT2D eigenvalue weighted by Gasteiger charge is -2.18. The number of hydrogen-bond acceptors (Lipinski definition) is 5. The van der Waals surface area contributed by atoms with E-state index in [1.807, 2.05) is 84.9 Å². The van der Waals surface area contributed by atoms with Crippen LogP contribution in [-0.4, -0.2) is 25.4 Å². The molecular formula is C29H26ClNO4S. The highest BCUT2D eigenvalue weighted by Gasteiger charge is 2.19. The second-order valence-electron chi connectivity index (χ2n) is 8.62. The Hall–Kier alpha value is -3.32. The van der Waals surface area contributed by atoms with Gasteiger partial charge in [-0.15, -0.1) is 0 Å². The molecule has 1 heterocycles. The topological polar surface area (TPSA) is 73.3 Å². The Morgan fingerprint density at radius 3 is 2.56 bits per heavy atom. The maximum absolute atomic E-state index is 12.0. The van der Waals surface area contributed by atoms with E-state index in [4.69, 9.17) is 15.8 Å². The van der Waals surface area contributed by atoms with E-state index in [0.29, 0.717) is 23.4 Å². The number of aromatic nitrogens is 1. The number of aryl methyl sites for hydroxylation is 1. The molecule has 0 saturated heterocycles. The minimum atomic E-state index is -3.70. The predicted octanol–water partition coefficient (Wildman–Crippen LogP) is 6.91. The monoisotopic (exact) mass is 519 g/mol. The lowest BCUT2D eigenvalue weighted by molar-refractivity contribution is 0.101. The molecular weight excluding hydrogens is 494 g/mol. The molecule has 7 heteroatoms. The van der Waals surface area contributed by atoms with Crippen LogP contribution in [0.1, 0.15) is 52.2 Å². The van der Waals surface area contributed by atoms with Crippen molar-refractivity contribution in [3.8, 4) is 0 Å². The third kappa shape index (κ3) is 6.88. The van der Waals surface area contributed by atoms with Gasteiger partial charge in [-0.25, -0.2) is 4.98 Å². The molecule has 4 rings (SSSR count). The molecule has 0 aliphatic heterocycles. The van der Waals surface area contributed by atoms with Gasteiger partial charge in [0, 0.05) is 16.0 Å². The largest absolute Gasteiger partial charge is 0.295 e. The standard InChI is InChI=1S/C29H26ClNO4S/c1-20(32)27-9-4-3-7-22(27)13-17-29(35-36(2,33)34)24-8-5-6-21(18-24)10-15-26-16-12-23-11-14-25(30)19-28(23)31-26/h3-12,14-16,18-19,29H,13,17H2,1-2H3/b15-10+/t29-/m0/s1. The summed E-state index contributed by atoms with van der Waals surface area (Å²) in [6.07, 6.45) is 5.08. The lowest BCUT2D eigenvalue weighted by Crippen LogP contribution is -2.12. The summed E-state index contributed by atoms with van der Waals surface area (Å²) in [6.45, 7) is 1.53. The Morgan fingerprint density at radius 2 is 1.78 bits per heavy atom. The van der Waals surface area contributed by atoms with Crippen LogP contribution in [0.5, 0.6) is 0 Å². The Labute approximate surface area is 216 Å². The van der Waals surface area contributed by atoms with Gasteiger partial charge in [0.1, 0.15) is 6.10 Å². The minimum absolute atomic E-state index is 0.0251. The van der Waals surface area contributed by atoms with Crippen molar-refractivity contribution in [1.82, 2.24) is 4.98 Å². The number of rotatable bonds is 9. The Kier molecular flexibility index (Phi) is 7.99. The summed E-state index contributed by atoms with van der Waals surface area (Å²) in [7, 11) is -3.70. The van der Waals surface area contributed by atoms with Crippen LogP contribution in [0.4, 0.5) is 0 Å². The predicted molar refractivity (Wildman–Crippen MR) is 146 cm³/mol. The maximum atomic E-state index is 12.0. The first-order chi connectivity index (χ1) is 17.2. The molecule has 0 N–H and O–H groups in total. The average molecular weight is 520 g/mol. The van der Waals surface area contributed by atoms with E-state index in [-0.39, 0.29) is 5.78 Å². The van der Waals surface area contributed by atoms with Crippen molar-refractivity contribution in [2.75, 3.05) is 6.26 Å². The van der Waals surface area contributed by atoms with E-state index in [0.717, 1.165) is 39.5 Å². The van der Waals surface area contributed by atoms with Gasteiger partial charge < -0.3 is 0 Å². The van der Waals surface area contributed by atoms with Crippen LogP contribution < -0.4 is 0 Å². The summed E-state index contributed by atoms with van der Waals surface area (Å²) in [5, 5.41) is 1.64. The minimum Gasteiger partial charge on any atom is -0.295 e. The SMILES string of the molecule is CC(=O)c1ccccc1CC[C@H](OS(C)(=O)=O)c1cccc(/C=C/c2ccc3ccc(Cl)cc3n2)c1. The molecule has 0 saturated carbocycles. The first kappa shape index (κ1) is 25.8. The van der Waals surface area contributed by atoms with Gasteiger partial charge in [-0.1, -0.05) is 72.3 Å². The van der Waals surface area contributed by atoms with Crippen LogP contribution in [0, 0.1) is 0 Å². The highest BCUT2D eigenvalue weighted by molar-refractivity contribution is 7.86. The molecule has 36 heavy (non-hydrogen) atoms. The van der Waals surface area contributed by atoms with Gasteiger partial charge in [0.2, 0.25) is 0 Å². The van der Waals surface area contributed by atoms with Crippen LogP contribution in [0.2, 0.25) is 5.02 Å². The van der Waals surface area contributed by atoms with Crippen molar-refractivity contribution in [3.05, 3.63) is 112 Å². The van der Waals surface area contributed by atoms with Crippen molar-refractivity contribution in [1.29, 1.82) is 0 Å². The Balaban J connectivity index is 1.58. The molecule has 3 aromatic carbocycles. The highest BCUT2D eigenvalue weighted by Crippen LogP contribution is 2.27. The second-order valence-corrected chi connectivity index (χ2v) is 10.7. The number of pyridine rings is 1. The fourth-order valence-electron chi connectivity index (χ4n) is 4.09. The highest BCUT2D eigenvalue weighted by atomic mass is 35.5. The number of carbonyl (C=O) groups is 1. The van der Waals surface area contributed by atoms with Gasteiger partial charge >= 0.3 is 0 Å². The molecule has 184 valence electrons. The molecule has 0 spiro atoms. The van der Waals surface area contributed by atoms with Crippen molar-refractivity contribution >= 4 is 50.6 Å². The molecule has 4 aromatic rings. The van der Waals surface area contributed by atoms with Gasteiger partial charge in [-0.3, -0.25) is 8.98 Å². The number of carbonyl (C=O) groups excluding carboxylic acids is 1.